The van der Waals surface area contributed by atoms with E-state index in [1.165, 1.54) is 6.07 Å². The smallest absolute Gasteiger partial charge is 0.342 e. The lowest BCUT2D eigenvalue weighted by molar-refractivity contribution is 0.0463. The van der Waals surface area contributed by atoms with E-state index in [-0.39, 0.29) is 17.6 Å². The molecule has 0 aliphatic carbocycles. The van der Waals surface area contributed by atoms with Gasteiger partial charge in [0, 0.05) is 22.0 Å². The predicted molar refractivity (Wildman–Crippen MR) is 81.8 cm³/mol. The van der Waals surface area contributed by atoms with Gasteiger partial charge in [0.25, 0.3) is 0 Å². The van der Waals surface area contributed by atoms with Crippen LogP contribution in [0.2, 0.25) is 5.02 Å². The SMILES string of the molecule is O=C(O)c1c(=O)c2cc(COCF)c(Cl)cc2n2ccsc12. The Labute approximate surface area is 132 Å². The fourth-order valence-corrected chi connectivity index (χ4v) is 3.41. The summed E-state index contributed by atoms with van der Waals surface area (Å²) in [4.78, 5) is 24.2. The van der Waals surface area contributed by atoms with Crippen LogP contribution < -0.4 is 5.43 Å². The summed E-state index contributed by atoms with van der Waals surface area (Å²) in [6.45, 7) is -1.07. The number of halogens is 2. The van der Waals surface area contributed by atoms with Crippen LogP contribution in [0.1, 0.15) is 15.9 Å². The van der Waals surface area contributed by atoms with Crippen LogP contribution >= 0.6 is 22.9 Å². The zero-order chi connectivity index (χ0) is 15.9. The maximum Gasteiger partial charge on any atom is 0.342 e. The third-order valence-electron chi connectivity index (χ3n) is 3.27. The highest BCUT2D eigenvalue weighted by Crippen LogP contribution is 2.27. The molecule has 0 spiro atoms. The Kier molecular flexibility index (Phi) is 3.86. The minimum Gasteiger partial charge on any atom is -0.477 e. The fourth-order valence-electron chi connectivity index (χ4n) is 2.32. The van der Waals surface area contributed by atoms with Crippen LogP contribution in [0.25, 0.3) is 15.7 Å². The Hall–Kier alpha value is -1.96. The molecule has 0 aliphatic heterocycles. The summed E-state index contributed by atoms with van der Waals surface area (Å²) in [6, 6.07) is 3.01. The van der Waals surface area contributed by atoms with Gasteiger partial charge in [-0.05, 0) is 17.7 Å². The third-order valence-corrected chi connectivity index (χ3v) is 4.50. The van der Waals surface area contributed by atoms with Crippen molar-refractivity contribution in [3.8, 4) is 0 Å². The number of ether oxygens (including phenoxy) is 1. The van der Waals surface area contributed by atoms with Crippen molar-refractivity contribution in [3.63, 3.8) is 0 Å². The molecule has 1 N–H and O–H groups in total. The van der Waals surface area contributed by atoms with Gasteiger partial charge >= 0.3 is 5.97 Å². The van der Waals surface area contributed by atoms with Gasteiger partial charge in [0.05, 0.1) is 12.1 Å². The second-order valence-corrected chi connectivity index (χ2v) is 5.81. The van der Waals surface area contributed by atoms with Crippen LogP contribution in [0.5, 0.6) is 0 Å². The number of aromatic nitrogens is 1. The Morgan fingerprint density at radius 2 is 2.23 bits per heavy atom. The van der Waals surface area contributed by atoms with Crippen LogP contribution in [0.3, 0.4) is 0 Å². The van der Waals surface area contributed by atoms with E-state index in [2.05, 4.69) is 4.74 Å². The number of benzene rings is 1. The molecule has 0 fully saturated rings. The molecule has 8 heteroatoms. The van der Waals surface area contributed by atoms with Crippen molar-refractivity contribution in [2.45, 2.75) is 6.61 Å². The lowest BCUT2D eigenvalue weighted by Gasteiger charge is -2.09. The van der Waals surface area contributed by atoms with Crippen LogP contribution in [0, 0.1) is 0 Å². The highest BCUT2D eigenvalue weighted by molar-refractivity contribution is 7.16. The molecular weight excluding hydrogens is 333 g/mol. The third kappa shape index (κ3) is 2.27. The van der Waals surface area contributed by atoms with Crippen molar-refractivity contribution in [2.24, 2.45) is 0 Å². The van der Waals surface area contributed by atoms with E-state index in [9.17, 15) is 19.1 Å². The van der Waals surface area contributed by atoms with Gasteiger partial charge in [-0.3, -0.25) is 4.79 Å². The van der Waals surface area contributed by atoms with Gasteiger partial charge in [-0.1, -0.05) is 11.6 Å². The van der Waals surface area contributed by atoms with E-state index in [1.807, 2.05) is 0 Å². The molecule has 0 aliphatic rings. The molecule has 0 saturated carbocycles. The molecule has 3 aromatic rings. The molecule has 2 heterocycles. The van der Waals surface area contributed by atoms with E-state index in [1.54, 1.807) is 22.0 Å². The molecular formula is C14H9ClFNO4S. The quantitative estimate of drug-likeness (QED) is 0.790. The predicted octanol–water partition coefficient (Wildman–Crippen LogP) is 3.31. The number of hydrogen-bond donors (Lipinski definition) is 1. The van der Waals surface area contributed by atoms with Crippen LogP contribution in [0.4, 0.5) is 4.39 Å². The van der Waals surface area contributed by atoms with Gasteiger partial charge in [0.1, 0.15) is 10.4 Å². The number of nitrogens with zero attached hydrogens (tertiary/aromatic N) is 1. The maximum atomic E-state index is 12.5. The lowest BCUT2D eigenvalue weighted by atomic mass is 10.1. The largest absolute Gasteiger partial charge is 0.477 e. The number of carbonyl (C=O) groups is 1. The standard InChI is InChI=1S/C14H9ClFNO4S/c15-9-4-10-8(3-7(9)5-21-6-16)12(18)11(14(19)20)13-17(10)1-2-22-13/h1-4H,5-6H2,(H,19,20). The van der Waals surface area contributed by atoms with E-state index >= 15 is 0 Å². The first-order valence-corrected chi connectivity index (χ1v) is 7.41. The molecule has 1 aromatic carbocycles. The molecule has 114 valence electrons. The van der Waals surface area contributed by atoms with Crippen molar-refractivity contribution >= 4 is 44.6 Å². The minimum atomic E-state index is -1.29. The van der Waals surface area contributed by atoms with E-state index < -0.39 is 18.3 Å². The van der Waals surface area contributed by atoms with E-state index in [0.717, 1.165) is 11.3 Å². The summed E-state index contributed by atoms with van der Waals surface area (Å²) in [7, 11) is 0. The maximum absolute atomic E-state index is 12.5. The first-order chi connectivity index (χ1) is 10.5. The zero-order valence-electron chi connectivity index (χ0n) is 11.0. The average molecular weight is 342 g/mol. The van der Waals surface area contributed by atoms with Crippen molar-refractivity contribution in [3.05, 3.63) is 50.1 Å². The summed E-state index contributed by atoms with van der Waals surface area (Å²) in [6.07, 6.45) is 1.67. The van der Waals surface area contributed by atoms with E-state index in [4.69, 9.17) is 11.6 Å². The Balaban J connectivity index is 2.41. The van der Waals surface area contributed by atoms with Crippen LogP contribution in [-0.4, -0.2) is 22.3 Å². The molecule has 0 radical (unpaired) electrons. The molecule has 0 bridgehead atoms. The van der Waals surface area contributed by atoms with Crippen LogP contribution in [0.15, 0.2) is 28.5 Å². The molecule has 0 unspecified atom stereocenters. The van der Waals surface area contributed by atoms with Crippen molar-refractivity contribution in [1.29, 1.82) is 0 Å². The molecule has 3 rings (SSSR count). The van der Waals surface area contributed by atoms with Gasteiger partial charge in [-0.2, -0.15) is 0 Å². The second-order valence-electron chi connectivity index (χ2n) is 4.51. The number of thiazole rings is 1. The monoisotopic (exact) mass is 341 g/mol. The highest BCUT2D eigenvalue weighted by Gasteiger charge is 2.19. The Bertz CT molecular complexity index is 949. The highest BCUT2D eigenvalue weighted by atomic mass is 35.5. The van der Waals surface area contributed by atoms with Gasteiger partial charge in [0.15, 0.2) is 6.86 Å². The van der Waals surface area contributed by atoms with Crippen molar-refractivity contribution in [1.82, 2.24) is 4.40 Å². The first-order valence-electron chi connectivity index (χ1n) is 6.15. The second kappa shape index (κ2) is 5.68. The number of pyridine rings is 1. The summed E-state index contributed by atoms with van der Waals surface area (Å²) >= 11 is 7.29. The normalized spacial score (nSPS) is 11.4. The van der Waals surface area contributed by atoms with Crippen molar-refractivity contribution in [2.75, 3.05) is 6.86 Å². The number of fused-ring (bicyclic) bond motifs is 3. The van der Waals surface area contributed by atoms with Crippen LogP contribution in [-0.2, 0) is 11.3 Å². The summed E-state index contributed by atoms with van der Waals surface area (Å²) < 4.78 is 18.4. The first kappa shape index (κ1) is 15.0. The number of alkyl halides is 1. The average Bonchev–Trinajstić information content (AvgIpc) is 2.94. The molecule has 0 saturated heterocycles. The van der Waals surface area contributed by atoms with Gasteiger partial charge in [-0.15, -0.1) is 11.3 Å². The molecule has 0 atom stereocenters. The van der Waals surface area contributed by atoms with Gasteiger partial charge < -0.3 is 14.2 Å². The molecule has 22 heavy (non-hydrogen) atoms. The zero-order valence-corrected chi connectivity index (χ0v) is 12.6. The molecule has 2 aromatic heterocycles. The molecule has 0 amide bonds. The topological polar surface area (TPSA) is 68.0 Å². The van der Waals surface area contributed by atoms with Crippen molar-refractivity contribution < 1.29 is 19.0 Å². The Morgan fingerprint density at radius 3 is 2.91 bits per heavy atom. The summed E-state index contributed by atoms with van der Waals surface area (Å²) in [5, 5.41) is 11.5. The lowest BCUT2D eigenvalue weighted by Crippen LogP contribution is -2.17. The number of aromatic carboxylic acids is 1. The fraction of sp³-hybridized carbons (Fsp3) is 0.143. The number of rotatable bonds is 4. The van der Waals surface area contributed by atoms with Gasteiger partial charge in [0.2, 0.25) is 5.43 Å². The summed E-state index contributed by atoms with van der Waals surface area (Å²) in [5.41, 5.74) is 0.0426. The summed E-state index contributed by atoms with van der Waals surface area (Å²) in [5.74, 6) is -1.29. The molecule has 5 nitrogen and oxygen atoms in total. The number of carboxylic acids is 1. The van der Waals surface area contributed by atoms with Gasteiger partial charge in [-0.25, -0.2) is 9.18 Å². The number of carboxylic acid groups (broad SMARTS) is 1. The van der Waals surface area contributed by atoms with E-state index in [0.29, 0.717) is 20.9 Å². The number of hydrogen-bond acceptors (Lipinski definition) is 4. The minimum absolute atomic E-state index is 0.0978. The Morgan fingerprint density at radius 1 is 1.45 bits per heavy atom.